The number of esters is 1. The predicted octanol–water partition coefficient (Wildman–Crippen LogP) is 4.30. The fourth-order valence-corrected chi connectivity index (χ4v) is 3.12. The van der Waals surface area contributed by atoms with Crippen LogP contribution in [0.1, 0.15) is 23.0 Å². The maximum absolute atomic E-state index is 12.3. The third-order valence-corrected chi connectivity index (χ3v) is 4.56. The van der Waals surface area contributed by atoms with Crippen LogP contribution in [0.15, 0.2) is 60.0 Å². The molecule has 0 saturated carbocycles. The lowest BCUT2D eigenvalue weighted by molar-refractivity contribution is -0.123. The zero-order valence-electron chi connectivity index (χ0n) is 14.4. The van der Waals surface area contributed by atoms with Crippen molar-refractivity contribution in [2.24, 2.45) is 0 Å². The number of aromatic nitrogens is 1. The molecular weight excluding hydrogens is 348 g/mol. The van der Waals surface area contributed by atoms with Gasteiger partial charge in [-0.1, -0.05) is 42.5 Å². The molecule has 0 aliphatic rings. The van der Waals surface area contributed by atoms with Crippen molar-refractivity contribution in [1.82, 2.24) is 4.98 Å². The first-order chi connectivity index (χ1) is 12.5. The lowest BCUT2D eigenvalue weighted by Gasteiger charge is -2.13. The Morgan fingerprint density at radius 2 is 1.88 bits per heavy atom. The third kappa shape index (κ3) is 4.34. The first-order valence-corrected chi connectivity index (χ1v) is 9.00. The number of thiazole rings is 1. The number of nitrogens with one attached hydrogen (secondary N) is 1. The number of ether oxygens (including phenoxy) is 1. The van der Waals surface area contributed by atoms with Crippen molar-refractivity contribution in [1.29, 1.82) is 0 Å². The Bertz CT molecular complexity index is 922. The Balaban J connectivity index is 1.62. The number of carbonyl (C=O) groups excluding carboxylic acids is 2. The van der Waals surface area contributed by atoms with Crippen molar-refractivity contribution in [3.05, 3.63) is 71.2 Å². The van der Waals surface area contributed by atoms with Gasteiger partial charge >= 0.3 is 5.97 Å². The second-order valence-corrected chi connectivity index (χ2v) is 6.67. The van der Waals surface area contributed by atoms with Crippen LogP contribution in [0.2, 0.25) is 0 Å². The van der Waals surface area contributed by atoms with E-state index in [4.69, 9.17) is 4.74 Å². The molecule has 3 rings (SSSR count). The summed E-state index contributed by atoms with van der Waals surface area (Å²) in [4.78, 5) is 28.8. The van der Waals surface area contributed by atoms with E-state index in [1.807, 2.05) is 55.5 Å². The van der Waals surface area contributed by atoms with Crippen LogP contribution >= 0.6 is 11.3 Å². The molecule has 0 bridgehead atoms. The molecule has 132 valence electrons. The summed E-state index contributed by atoms with van der Waals surface area (Å²) in [6.07, 6.45) is -0.926. The molecule has 3 aromatic rings. The van der Waals surface area contributed by atoms with Gasteiger partial charge < -0.3 is 10.1 Å². The maximum Gasteiger partial charge on any atom is 0.358 e. The first kappa shape index (κ1) is 17.8. The van der Waals surface area contributed by atoms with Gasteiger partial charge in [0.15, 0.2) is 11.8 Å². The molecule has 1 aromatic heterocycles. The van der Waals surface area contributed by atoms with Crippen molar-refractivity contribution in [2.75, 3.05) is 5.32 Å². The molecule has 5 nitrogen and oxygen atoms in total. The second-order valence-electron chi connectivity index (χ2n) is 5.81. The Hall–Kier alpha value is -2.99. The molecule has 1 atom stereocenters. The molecule has 2 aromatic carbocycles. The number of rotatable bonds is 5. The molecule has 0 aliphatic carbocycles. The van der Waals surface area contributed by atoms with Crippen LogP contribution in [0.5, 0.6) is 0 Å². The van der Waals surface area contributed by atoms with Crippen LogP contribution in [-0.2, 0) is 9.53 Å². The highest BCUT2D eigenvalue weighted by Crippen LogP contribution is 2.23. The smallest absolute Gasteiger partial charge is 0.358 e. The molecule has 0 fully saturated rings. The molecule has 1 heterocycles. The quantitative estimate of drug-likeness (QED) is 0.684. The van der Waals surface area contributed by atoms with Crippen LogP contribution in [-0.4, -0.2) is 23.0 Å². The van der Waals surface area contributed by atoms with E-state index in [9.17, 15) is 9.59 Å². The molecule has 1 unspecified atom stereocenters. The van der Waals surface area contributed by atoms with Gasteiger partial charge in [0.05, 0.1) is 0 Å². The van der Waals surface area contributed by atoms with Crippen LogP contribution in [0.3, 0.4) is 0 Å². The molecule has 0 saturated heterocycles. The van der Waals surface area contributed by atoms with Gasteiger partial charge in [0, 0.05) is 16.6 Å². The van der Waals surface area contributed by atoms with E-state index in [0.717, 1.165) is 16.1 Å². The van der Waals surface area contributed by atoms with Crippen molar-refractivity contribution in [2.45, 2.75) is 20.0 Å². The van der Waals surface area contributed by atoms with E-state index in [1.165, 1.54) is 18.3 Å². The van der Waals surface area contributed by atoms with Gasteiger partial charge in [-0.2, -0.15) is 0 Å². The van der Waals surface area contributed by atoms with Crippen molar-refractivity contribution < 1.29 is 14.3 Å². The highest BCUT2D eigenvalue weighted by atomic mass is 32.1. The summed E-state index contributed by atoms with van der Waals surface area (Å²) in [6.45, 7) is 3.47. The number of benzene rings is 2. The fraction of sp³-hybridized carbons (Fsp3) is 0.150. The first-order valence-electron chi connectivity index (χ1n) is 8.12. The fourth-order valence-electron chi connectivity index (χ4n) is 2.32. The number of amides is 1. The molecule has 26 heavy (non-hydrogen) atoms. The minimum atomic E-state index is -0.926. The SMILES string of the molecule is Cc1cccc(NC(=O)C(C)OC(=O)c2csc(-c3ccccc3)n2)c1. The highest BCUT2D eigenvalue weighted by Gasteiger charge is 2.21. The van der Waals surface area contributed by atoms with Gasteiger partial charge in [0.2, 0.25) is 0 Å². The van der Waals surface area contributed by atoms with Gasteiger partial charge in [-0.05, 0) is 31.5 Å². The molecular formula is C20H18N2O3S. The minimum Gasteiger partial charge on any atom is -0.448 e. The molecule has 1 N–H and O–H groups in total. The van der Waals surface area contributed by atoms with E-state index in [1.54, 1.807) is 11.4 Å². The van der Waals surface area contributed by atoms with Gasteiger partial charge in [0.25, 0.3) is 5.91 Å². The summed E-state index contributed by atoms with van der Waals surface area (Å²) < 4.78 is 5.24. The van der Waals surface area contributed by atoms with Crippen LogP contribution in [0.4, 0.5) is 5.69 Å². The van der Waals surface area contributed by atoms with Gasteiger partial charge in [0.1, 0.15) is 5.01 Å². The average Bonchev–Trinajstić information content (AvgIpc) is 3.12. The summed E-state index contributed by atoms with van der Waals surface area (Å²) >= 11 is 1.36. The zero-order chi connectivity index (χ0) is 18.5. The maximum atomic E-state index is 12.3. The number of hydrogen-bond donors (Lipinski definition) is 1. The Kier molecular flexibility index (Phi) is 5.43. The lowest BCUT2D eigenvalue weighted by Crippen LogP contribution is -2.30. The highest BCUT2D eigenvalue weighted by molar-refractivity contribution is 7.13. The molecule has 0 radical (unpaired) electrons. The van der Waals surface area contributed by atoms with Crippen LogP contribution < -0.4 is 5.32 Å². The number of hydrogen-bond acceptors (Lipinski definition) is 5. The van der Waals surface area contributed by atoms with E-state index < -0.39 is 12.1 Å². The standard InChI is InChI=1S/C20H18N2O3S/c1-13-7-6-10-16(11-13)21-18(23)14(2)25-20(24)17-12-26-19(22-17)15-8-4-3-5-9-15/h3-12,14H,1-2H3,(H,21,23). The Morgan fingerprint density at radius 3 is 2.62 bits per heavy atom. The largest absolute Gasteiger partial charge is 0.448 e. The van der Waals surface area contributed by atoms with Crippen molar-refractivity contribution in [3.63, 3.8) is 0 Å². The van der Waals surface area contributed by atoms with E-state index in [-0.39, 0.29) is 11.6 Å². The minimum absolute atomic E-state index is 0.198. The van der Waals surface area contributed by atoms with E-state index in [2.05, 4.69) is 10.3 Å². The summed E-state index contributed by atoms with van der Waals surface area (Å²) in [7, 11) is 0. The molecule has 6 heteroatoms. The van der Waals surface area contributed by atoms with Crippen molar-refractivity contribution >= 4 is 28.9 Å². The zero-order valence-corrected chi connectivity index (χ0v) is 15.2. The molecule has 0 spiro atoms. The molecule has 1 amide bonds. The van der Waals surface area contributed by atoms with Gasteiger partial charge in [-0.25, -0.2) is 9.78 Å². The number of anilines is 1. The van der Waals surface area contributed by atoms with Crippen LogP contribution in [0.25, 0.3) is 10.6 Å². The average molecular weight is 366 g/mol. The summed E-state index contributed by atoms with van der Waals surface area (Å²) in [6, 6.07) is 17.0. The summed E-state index contributed by atoms with van der Waals surface area (Å²) in [5.74, 6) is -1.00. The second kappa shape index (κ2) is 7.93. The van der Waals surface area contributed by atoms with E-state index >= 15 is 0 Å². The number of nitrogens with zero attached hydrogens (tertiary/aromatic N) is 1. The predicted molar refractivity (Wildman–Crippen MR) is 102 cm³/mol. The monoisotopic (exact) mass is 366 g/mol. The van der Waals surface area contributed by atoms with Gasteiger partial charge in [-0.3, -0.25) is 4.79 Å². The van der Waals surface area contributed by atoms with Crippen molar-refractivity contribution in [3.8, 4) is 10.6 Å². The van der Waals surface area contributed by atoms with Crippen LogP contribution in [0, 0.1) is 6.92 Å². The lowest BCUT2D eigenvalue weighted by atomic mass is 10.2. The third-order valence-electron chi connectivity index (χ3n) is 3.67. The van der Waals surface area contributed by atoms with Gasteiger partial charge in [-0.15, -0.1) is 11.3 Å². The number of aryl methyl sites for hydroxylation is 1. The molecule has 0 aliphatic heterocycles. The number of carbonyl (C=O) groups is 2. The Labute approximate surface area is 155 Å². The summed E-state index contributed by atoms with van der Waals surface area (Å²) in [5, 5.41) is 5.10. The Morgan fingerprint density at radius 1 is 1.12 bits per heavy atom. The topological polar surface area (TPSA) is 68.3 Å². The summed E-state index contributed by atoms with van der Waals surface area (Å²) in [5.41, 5.74) is 2.83. The normalized spacial score (nSPS) is 11.6. The van der Waals surface area contributed by atoms with E-state index in [0.29, 0.717) is 5.69 Å².